The number of likely N-dealkylation sites (N-methyl/N-ethyl adjacent to an activating group) is 1. The zero-order chi connectivity index (χ0) is 15.4. The number of aryl methyl sites for hydroxylation is 2. The highest BCUT2D eigenvalue weighted by atomic mass is 16.2. The molecule has 0 aliphatic heterocycles. The maximum atomic E-state index is 12.4. The molecule has 22 heavy (non-hydrogen) atoms. The minimum atomic E-state index is 0.140. The summed E-state index contributed by atoms with van der Waals surface area (Å²) in [7, 11) is 1.84. The second kappa shape index (κ2) is 6.73. The molecular weight excluding hydrogens is 272 g/mol. The third-order valence-corrected chi connectivity index (χ3v) is 4.32. The first-order chi connectivity index (χ1) is 10.7. The number of aromatic nitrogens is 1. The summed E-state index contributed by atoms with van der Waals surface area (Å²) in [5.74, 6) is 0.140. The Labute approximate surface area is 132 Å². The minimum Gasteiger partial charge on any atom is -0.340 e. The van der Waals surface area contributed by atoms with Gasteiger partial charge in [0.05, 0.1) is 18.7 Å². The van der Waals surface area contributed by atoms with Crippen LogP contribution in [0.4, 0.5) is 0 Å². The molecular formula is C19H22N2O. The normalized spacial score (nSPS) is 13.5. The van der Waals surface area contributed by atoms with Gasteiger partial charge in [-0.2, -0.15) is 0 Å². The molecule has 0 atom stereocenters. The van der Waals surface area contributed by atoms with E-state index in [2.05, 4.69) is 23.2 Å². The highest BCUT2D eigenvalue weighted by Crippen LogP contribution is 2.22. The van der Waals surface area contributed by atoms with Crippen molar-refractivity contribution in [1.29, 1.82) is 0 Å². The summed E-state index contributed by atoms with van der Waals surface area (Å²) < 4.78 is 0. The van der Waals surface area contributed by atoms with Crippen LogP contribution in [0, 0.1) is 0 Å². The number of benzene rings is 1. The predicted molar refractivity (Wildman–Crippen MR) is 87.5 cm³/mol. The molecule has 0 spiro atoms. The van der Waals surface area contributed by atoms with Crippen LogP contribution in [0.15, 0.2) is 42.6 Å². The Hall–Kier alpha value is -2.16. The molecule has 0 saturated carbocycles. The van der Waals surface area contributed by atoms with Crippen LogP contribution in [-0.2, 0) is 30.6 Å². The third-order valence-electron chi connectivity index (χ3n) is 4.32. The lowest BCUT2D eigenvalue weighted by atomic mass is 9.90. The summed E-state index contributed by atoms with van der Waals surface area (Å²) >= 11 is 0. The molecule has 3 rings (SSSR count). The summed E-state index contributed by atoms with van der Waals surface area (Å²) in [6.07, 6.45) is 7.13. The monoisotopic (exact) mass is 294 g/mol. The van der Waals surface area contributed by atoms with E-state index in [9.17, 15) is 4.79 Å². The number of hydrogen-bond donors (Lipinski definition) is 0. The van der Waals surface area contributed by atoms with Crippen LogP contribution in [0.2, 0.25) is 0 Å². The largest absolute Gasteiger partial charge is 0.340 e. The van der Waals surface area contributed by atoms with E-state index in [0.717, 1.165) is 17.7 Å². The van der Waals surface area contributed by atoms with E-state index in [1.54, 1.807) is 11.1 Å². The Morgan fingerprint density at radius 2 is 1.95 bits per heavy atom. The molecule has 0 radical (unpaired) electrons. The quantitative estimate of drug-likeness (QED) is 0.868. The van der Waals surface area contributed by atoms with Gasteiger partial charge < -0.3 is 4.90 Å². The lowest BCUT2D eigenvalue weighted by Gasteiger charge is -2.19. The Bertz CT molecular complexity index is 652. The highest BCUT2D eigenvalue weighted by Gasteiger charge is 2.13. The number of rotatable bonds is 4. The maximum absolute atomic E-state index is 12.4. The topological polar surface area (TPSA) is 33.2 Å². The first kappa shape index (κ1) is 14.8. The molecule has 1 aliphatic rings. The van der Waals surface area contributed by atoms with E-state index in [4.69, 9.17) is 0 Å². The van der Waals surface area contributed by atoms with Crippen molar-refractivity contribution < 1.29 is 4.79 Å². The Morgan fingerprint density at radius 3 is 2.73 bits per heavy atom. The van der Waals surface area contributed by atoms with Gasteiger partial charge in [0.2, 0.25) is 5.91 Å². The average molecular weight is 294 g/mol. The van der Waals surface area contributed by atoms with Gasteiger partial charge in [0.25, 0.3) is 0 Å². The van der Waals surface area contributed by atoms with Crippen LogP contribution in [0.25, 0.3) is 0 Å². The number of hydrogen-bond acceptors (Lipinski definition) is 2. The Morgan fingerprint density at radius 1 is 1.14 bits per heavy atom. The number of carbonyl (C=O) groups excluding carboxylic acids is 1. The first-order valence-corrected chi connectivity index (χ1v) is 7.97. The smallest absolute Gasteiger partial charge is 0.227 e. The van der Waals surface area contributed by atoms with Gasteiger partial charge in [-0.25, -0.2) is 0 Å². The van der Waals surface area contributed by atoms with Gasteiger partial charge in [-0.05, 0) is 54.5 Å². The molecule has 3 heteroatoms. The second-order valence-electron chi connectivity index (χ2n) is 6.06. The summed E-state index contributed by atoms with van der Waals surface area (Å²) in [5, 5.41) is 0. The molecule has 114 valence electrons. The van der Waals surface area contributed by atoms with Crippen LogP contribution < -0.4 is 0 Å². The molecule has 0 fully saturated rings. The number of amides is 1. The summed E-state index contributed by atoms with van der Waals surface area (Å²) in [4.78, 5) is 18.4. The molecule has 0 saturated heterocycles. The maximum Gasteiger partial charge on any atom is 0.227 e. The third kappa shape index (κ3) is 3.53. The number of fused-ring (bicyclic) bond motifs is 1. The average Bonchev–Trinajstić information content (AvgIpc) is 2.55. The molecule has 1 amide bonds. The number of pyridine rings is 1. The molecule has 1 heterocycles. The van der Waals surface area contributed by atoms with Gasteiger partial charge >= 0.3 is 0 Å². The van der Waals surface area contributed by atoms with E-state index in [1.807, 2.05) is 25.2 Å². The molecule has 1 aliphatic carbocycles. The zero-order valence-electron chi connectivity index (χ0n) is 13.1. The van der Waals surface area contributed by atoms with Crippen molar-refractivity contribution in [3.8, 4) is 0 Å². The minimum absolute atomic E-state index is 0.140. The van der Waals surface area contributed by atoms with Crippen LogP contribution in [0.3, 0.4) is 0 Å². The fourth-order valence-electron chi connectivity index (χ4n) is 3.03. The lowest BCUT2D eigenvalue weighted by Crippen LogP contribution is -2.28. The van der Waals surface area contributed by atoms with Crippen LogP contribution in [0.1, 0.15) is 35.2 Å². The van der Waals surface area contributed by atoms with Crippen LogP contribution in [0.5, 0.6) is 0 Å². The molecule has 0 bridgehead atoms. The van der Waals surface area contributed by atoms with Crippen molar-refractivity contribution in [3.63, 3.8) is 0 Å². The summed E-state index contributed by atoms with van der Waals surface area (Å²) in [6.45, 7) is 0.560. The molecule has 1 aromatic carbocycles. The van der Waals surface area contributed by atoms with Crippen molar-refractivity contribution in [1.82, 2.24) is 9.88 Å². The van der Waals surface area contributed by atoms with Crippen molar-refractivity contribution in [2.75, 3.05) is 7.05 Å². The van der Waals surface area contributed by atoms with Crippen molar-refractivity contribution in [2.24, 2.45) is 0 Å². The van der Waals surface area contributed by atoms with Crippen LogP contribution >= 0.6 is 0 Å². The molecule has 1 aromatic heterocycles. The van der Waals surface area contributed by atoms with E-state index < -0.39 is 0 Å². The van der Waals surface area contributed by atoms with E-state index in [-0.39, 0.29) is 5.91 Å². The van der Waals surface area contributed by atoms with Gasteiger partial charge in [-0.3, -0.25) is 9.78 Å². The SMILES string of the molecule is CN(Cc1ccccn1)C(=O)Cc1ccc2c(c1)CCCC2. The van der Waals surface area contributed by atoms with E-state index in [0.29, 0.717) is 13.0 Å². The van der Waals surface area contributed by atoms with Gasteiger partial charge in [-0.1, -0.05) is 24.3 Å². The van der Waals surface area contributed by atoms with E-state index in [1.165, 1.54) is 30.4 Å². The van der Waals surface area contributed by atoms with Crippen molar-refractivity contribution in [3.05, 3.63) is 65.0 Å². The number of nitrogens with zero attached hydrogens (tertiary/aromatic N) is 2. The molecule has 3 nitrogen and oxygen atoms in total. The zero-order valence-corrected chi connectivity index (χ0v) is 13.1. The predicted octanol–water partition coefficient (Wildman–Crippen LogP) is 3.16. The molecule has 0 N–H and O–H groups in total. The van der Waals surface area contributed by atoms with Gasteiger partial charge in [0.15, 0.2) is 0 Å². The fourth-order valence-corrected chi connectivity index (χ4v) is 3.03. The van der Waals surface area contributed by atoms with Crippen LogP contribution in [-0.4, -0.2) is 22.8 Å². The number of carbonyl (C=O) groups is 1. The first-order valence-electron chi connectivity index (χ1n) is 7.97. The fraction of sp³-hybridized carbons (Fsp3) is 0.368. The highest BCUT2D eigenvalue weighted by molar-refractivity contribution is 5.78. The van der Waals surface area contributed by atoms with Crippen molar-refractivity contribution >= 4 is 5.91 Å². The Balaban J connectivity index is 1.63. The molecule has 2 aromatic rings. The molecule has 0 unspecified atom stereocenters. The van der Waals surface area contributed by atoms with Crippen molar-refractivity contribution in [2.45, 2.75) is 38.6 Å². The van der Waals surface area contributed by atoms with E-state index >= 15 is 0 Å². The van der Waals surface area contributed by atoms with Gasteiger partial charge in [-0.15, -0.1) is 0 Å². The standard InChI is InChI=1S/C19H22N2O/c1-21(14-18-8-4-5-11-20-18)19(22)13-15-9-10-16-6-2-3-7-17(16)12-15/h4-5,8-12H,2-3,6-7,13-14H2,1H3. The second-order valence-corrected chi connectivity index (χ2v) is 6.06. The lowest BCUT2D eigenvalue weighted by molar-refractivity contribution is -0.129. The van der Waals surface area contributed by atoms with Gasteiger partial charge in [0, 0.05) is 13.2 Å². The summed E-state index contributed by atoms with van der Waals surface area (Å²) in [6, 6.07) is 12.3. The summed E-state index contributed by atoms with van der Waals surface area (Å²) in [5.41, 5.74) is 4.94. The Kier molecular flexibility index (Phi) is 4.52. The van der Waals surface area contributed by atoms with Gasteiger partial charge in [0.1, 0.15) is 0 Å².